The lowest BCUT2D eigenvalue weighted by Gasteiger charge is -2.29. The van der Waals surface area contributed by atoms with Gasteiger partial charge in [0.15, 0.2) is 6.61 Å². The summed E-state index contributed by atoms with van der Waals surface area (Å²) in [5.41, 5.74) is 0.961. The summed E-state index contributed by atoms with van der Waals surface area (Å²) in [6.45, 7) is 2.30. The number of anilines is 1. The fraction of sp³-hybridized carbons (Fsp3) is 0.526. The summed E-state index contributed by atoms with van der Waals surface area (Å²) in [5.74, 6) is -0.124. The molecule has 1 aromatic carbocycles. The van der Waals surface area contributed by atoms with E-state index >= 15 is 0 Å². The molecule has 1 aromatic rings. The summed E-state index contributed by atoms with van der Waals surface area (Å²) in [4.78, 5) is 40.3. The van der Waals surface area contributed by atoms with Crippen LogP contribution in [0.25, 0.3) is 0 Å². The first-order valence-corrected chi connectivity index (χ1v) is 9.22. The maximum atomic E-state index is 12.6. The van der Waals surface area contributed by atoms with Gasteiger partial charge in [-0.2, -0.15) is 0 Å². The zero-order chi connectivity index (χ0) is 19.2. The van der Waals surface area contributed by atoms with Crippen molar-refractivity contribution < 1.29 is 23.9 Å². The largest absolute Gasteiger partial charge is 0.482 e. The zero-order valence-corrected chi connectivity index (χ0v) is 15.5. The van der Waals surface area contributed by atoms with E-state index in [0.29, 0.717) is 36.6 Å². The molecule has 146 valence electrons. The average molecular weight is 375 g/mol. The van der Waals surface area contributed by atoms with Crippen LogP contribution in [0, 0.1) is 0 Å². The van der Waals surface area contributed by atoms with Crippen LogP contribution in [-0.4, -0.2) is 69.1 Å². The smallest absolute Gasteiger partial charge is 0.265 e. The van der Waals surface area contributed by atoms with Gasteiger partial charge in [0, 0.05) is 38.9 Å². The molecule has 0 atom stereocenters. The maximum absolute atomic E-state index is 12.6. The first-order valence-electron chi connectivity index (χ1n) is 9.22. The van der Waals surface area contributed by atoms with E-state index in [-0.39, 0.29) is 30.9 Å². The van der Waals surface area contributed by atoms with E-state index in [1.165, 1.54) is 4.90 Å². The number of carbonyl (C=O) groups is 3. The second-order valence-electron chi connectivity index (χ2n) is 6.65. The van der Waals surface area contributed by atoms with Crippen molar-refractivity contribution in [1.29, 1.82) is 0 Å². The number of hydrogen-bond donors (Lipinski definition) is 1. The van der Waals surface area contributed by atoms with Crippen LogP contribution >= 0.6 is 0 Å². The minimum Gasteiger partial charge on any atom is -0.482 e. The van der Waals surface area contributed by atoms with Gasteiger partial charge >= 0.3 is 0 Å². The van der Waals surface area contributed by atoms with Crippen molar-refractivity contribution in [3.8, 4) is 5.75 Å². The van der Waals surface area contributed by atoms with Crippen molar-refractivity contribution in [1.82, 2.24) is 10.2 Å². The lowest BCUT2D eigenvalue weighted by Crippen LogP contribution is -2.45. The SMILES string of the molecule is COCCCNC(=O)CN1C(=O)COc2ccc(C(=O)N3CCCC3)cc21. The van der Waals surface area contributed by atoms with Gasteiger partial charge in [0.1, 0.15) is 12.3 Å². The number of carbonyl (C=O) groups excluding carboxylic acids is 3. The molecule has 0 aromatic heterocycles. The number of rotatable bonds is 7. The lowest BCUT2D eigenvalue weighted by molar-refractivity contribution is -0.125. The van der Waals surface area contributed by atoms with Crippen LogP contribution in [0.5, 0.6) is 5.75 Å². The summed E-state index contributed by atoms with van der Waals surface area (Å²) in [6.07, 6.45) is 2.71. The molecule has 2 heterocycles. The predicted molar refractivity (Wildman–Crippen MR) is 98.9 cm³/mol. The highest BCUT2D eigenvalue weighted by Crippen LogP contribution is 2.33. The van der Waals surface area contributed by atoms with Crippen LogP contribution in [0.15, 0.2) is 18.2 Å². The summed E-state index contributed by atoms with van der Waals surface area (Å²) >= 11 is 0. The third-order valence-corrected chi connectivity index (χ3v) is 4.69. The van der Waals surface area contributed by atoms with E-state index in [1.54, 1.807) is 30.2 Å². The number of ether oxygens (including phenoxy) is 2. The Bertz CT molecular complexity index is 715. The fourth-order valence-electron chi connectivity index (χ4n) is 3.26. The minimum atomic E-state index is -0.305. The molecule has 0 aliphatic carbocycles. The molecule has 27 heavy (non-hydrogen) atoms. The van der Waals surface area contributed by atoms with Gasteiger partial charge in [-0.25, -0.2) is 0 Å². The predicted octanol–water partition coefficient (Wildman–Crippen LogP) is 0.801. The molecule has 8 heteroatoms. The van der Waals surface area contributed by atoms with E-state index in [2.05, 4.69) is 5.32 Å². The average Bonchev–Trinajstić information content (AvgIpc) is 3.21. The molecular weight excluding hydrogens is 350 g/mol. The summed E-state index contributed by atoms with van der Waals surface area (Å²) in [7, 11) is 1.60. The van der Waals surface area contributed by atoms with E-state index in [9.17, 15) is 14.4 Å². The second kappa shape index (κ2) is 8.85. The zero-order valence-electron chi connectivity index (χ0n) is 15.5. The van der Waals surface area contributed by atoms with Crippen LogP contribution < -0.4 is 15.0 Å². The van der Waals surface area contributed by atoms with Crippen molar-refractivity contribution >= 4 is 23.4 Å². The Kier molecular flexibility index (Phi) is 6.28. The van der Waals surface area contributed by atoms with Gasteiger partial charge in [0.05, 0.1) is 5.69 Å². The highest BCUT2D eigenvalue weighted by Gasteiger charge is 2.29. The van der Waals surface area contributed by atoms with Gasteiger partial charge in [-0.1, -0.05) is 0 Å². The molecule has 1 N–H and O–H groups in total. The van der Waals surface area contributed by atoms with E-state index in [1.807, 2.05) is 0 Å². The number of hydrogen-bond acceptors (Lipinski definition) is 5. The number of amides is 3. The van der Waals surface area contributed by atoms with Gasteiger partial charge < -0.3 is 19.7 Å². The molecule has 2 aliphatic heterocycles. The second-order valence-corrected chi connectivity index (χ2v) is 6.65. The number of fused-ring (bicyclic) bond motifs is 1. The molecule has 1 saturated heterocycles. The molecule has 3 amide bonds. The van der Waals surface area contributed by atoms with E-state index in [0.717, 1.165) is 25.9 Å². The third kappa shape index (κ3) is 4.57. The molecule has 0 saturated carbocycles. The number of nitrogens with zero attached hydrogens (tertiary/aromatic N) is 2. The summed E-state index contributed by atoms with van der Waals surface area (Å²) in [6, 6.07) is 5.04. The summed E-state index contributed by atoms with van der Waals surface area (Å²) in [5, 5.41) is 2.77. The third-order valence-electron chi connectivity index (χ3n) is 4.69. The number of methoxy groups -OCH3 is 1. The Balaban J connectivity index is 1.72. The first kappa shape index (κ1) is 19.2. The summed E-state index contributed by atoms with van der Waals surface area (Å²) < 4.78 is 10.4. The maximum Gasteiger partial charge on any atom is 0.265 e. The molecule has 8 nitrogen and oxygen atoms in total. The van der Waals surface area contributed by atoms with Crippen LogP contribution in [0.2, 0.25) is 0 Å². The Morgan fingerprint density at radius 1 is 1.26 bits per heavy atom. The molecular formula is C19H25N3O5. The van der Waals surface area contributed by atoms with E-state index < -0.39 is 0 Å². The molecule has 1 fully saturated rings. The number of likely N-dealkylation sites (tertiary alicyclic amines) is 1. The quantitative estimate of drug-likeness (QED) is 0.713. The van der Waals surface area contributed by atoms with Gasteiger partial charge in [0.2, 0.25) is 5.91 Å². The van der Waals surface area contributed by atoms with Gasteiger partial charge in [0.25, 0.3) is 11.8 Å². The Morgan fingerprint density at radius 2 is 2.04 bits per heavy atom. The Morgan fingerprint density at radius 3 is 2.78 bits per heavy atom. The highest BCUT2D eigenvalue weighted by molar-refractivity contribution is 6.04. The number of benzene rings is 1. The van der Waals surface area contributed by atoms with Crippen molar-refractivity contribution in [2.75, 3.05) is 51.4 Å². The standard InChI is InChI=1S/C19H25N3O5/c1-26-10-4-7-20-17(23)12-22-15-11-14(19(25)21-8-2-3-9-21)5-6-16(15)27-13-18(22)24/h5-6,11H,2-4,7-10,12-13H2,1H3,(H,20,23). The number of nitrogens with one attached hydrogen (secondary N) is 1. The highest BCUT2D eigenvalue weighted by atomic mass is 16.5. The topological polar surface area (TPSA) is 88.2 Å². The first-order chi connectivity index (χ1) is 13.1. The fourth-order valence-corrected chi connectivity index (χ4v) is 3.26. The van der Waals surface area contributed by atoms with Crippen LogP contribution in [0.1, 0.15) is 29.6 Å². The van der Waals surface area contributed by atoms with E-state index in [4.69, 9.17) is 9.47 Å². The molecule has 2 aliphatic rings. The van der Waals surface area contributed by atoms with Crippen LogP contribution in [-0.2, 0) is 14.3 Å². The molecule has 0 spiro atoms. The normalized spacial score (nSPS) is 16.1. The van der Waals surface area contributed by atoms with Crippen molar-refractivity contribution in [2.24, 2.45) is 0 Å². The van der Waals surface area contributed by atoms with Crippen LogP contribution in [0.4, 0.5) is 5.69 Å². The van der Waals surface area contributed by atoms with Crippen LogP contribution in [0.3, 0.4) is 0 Å². The van der Waals surface area contributed by atoms with Gasteiger partial charge in [-0.3, -0.25) is 19.3 Å². The van der Waals surface area contributed by atoms with Gasteiger partial charge in [-0.05, 0) is 37.5 Å². The molecule has 0 bridgehead atoms. The van der Waals surface area contributed by atoms with Crippen molar-refractivity contribution in [2.45, 2.75) is 19.3 Å². The van der Waals surface area contributed by atoms with Gasteiger partial charge in [-0.15, -0.1) is 0 Å². The molecule has 0 unspecified atom stereocenters. The monoisotopic (exact) mass is 375 g/mol. The molecule has 3 rings (SSSR count). The Hall–Kier alpha value is -2.61. The lowest BCUT2D eigenvalue weighted by atomic mass is 10.1. The Labute approximate surface area is 158 Å². The van der Waals surface area contributed by atoms with Crippen molar-refractivity contribution in [3.05, 3.63) is 23.8 Å². The minimum absolute atomic E-state index is 0.0581. The van der Waals surface area contributed by atoms with Crippen molar-refractivity contribution in [3.63, 3.8) is 0 Å². The molecule has 0 radical (unpaired) electrons.